The van der Waals surface area contributed by atoms with E-state index in [-0.39, 0.29) is 11.9 Å². The number of carbonyl (C=O) groups is 1. The van der Waals surface area contributed by atoms with Gasteiger partial charge in [-0.2, -0.15) is 0 Å². The quantitative estimate of drug-likeness (QED) is 0.749. The molecule has 3 heterocycles. The number of fused-ring (bicyclic) bond motifs is 1. The number of halogens is 1. The van der Waals surface area contributed by atoms with Crippen molar-refractivity contribution in [1.82, 2.24) is 14.7 Å². The fourth-order valence-electron chi connectivity index (χ4n) is 3.34. The summed E-state index contributed by atoms with van der Waals surface area (Å²) in [5, 5.41) is 3.65. The van der Waals surface area contributed by atoms with Crippen LogP contribution in [0.15, 0.2) is 48.7 Å². The third-order valence-electron chi connectivity index (χ3n) is 4.76. The van der Waals surface area contributed by atoms with E-state index in [1.165, 1.54) is 0 Å². The lowest BCUT2D eigenvalue weighted by Crippen LogP contribution is -2.37. The van der Waals surface area contributed by atoms with Crippen LogP contribution in [0, 0.1) is 0 Å². The molecule has 1 atom stereocenters. The van der Waals surface area contributed by atoms with Crippen molar-refractivity contribution in [2.24, 2.45) is 0 Å². The Bertz CT molecular complexity index is 966. The standard InChI is InChI=1S/C20H21ClN4O2/c1-14(15-6-2-3-7-16(15)21)22-19(26)18-17-8-4-5-9-25(17)20(23-18)24-10-12-27-13-11-24/h2-9,14H,10-13H2,1H3,(H,22,26). The number of anilines is 1. The molecule has 0 spiro atoms. The monoisotopic (exact) mass is 384 g/mol. The molecule has 1 aromatic carbocycles. The number of nitrogens with one attached hydrogen (secondary N) is 1. The van der Waals surface area contributed by atoms with Crippen LogP contribution in [0.5, 0.6) is 0 Å². The summed E-state index contributed by atoms with van der Waals surface area (Å²) in [4.78, 5) is 19.8. The summed E-state index contributed by atoms with van der Waals surface area (Å²) in [6.07, 6.45) is 1.93. The van der Waals surface area contributed by atoms with E-state index in [1.807, 2.05) is 60.0 Å². The normalized spacial score (nSPS) is 15.7. The first-order valence-electron chi connectivity index (χ1n) is 9.00. The highest BCUT2D eigenvalue weighted by atomic mass is 35.5. The van der Waals surface area contributed by atoms with Gasteiger partial charge in [-0.1, -0.05) is 35.9 Å². The molecule has 1 aliphatic rings. The molecule has 0 bridgehead atoms. The summed E-state index contributed by atoms with van der Waals surface area (Å²) in [7, 11) is 0. The number of carbonyl (C=O) groups excluding carboxylic acids is 1. The molecule has 0 aliphatic carbocycles. The van der Waals surface area contributed by atoms with Gasteiger partial charge in [-0.25, -0.2) is 4.98 Å². The van der Waals surface area contributed by atoms with Gasteiger partial charge in [-0.3, -0.25) is 9.20 Å². The van der Waals surface area contributed by atoms with Gasteiger partial charge in [0.2, 0.25) is 5.95 Å². The number of pyridine rings is 1. The molecule has 140 valence electrons. The first kappa shape index (κ1) is 17.8. The summed E-state index contributed by atoms with van der Waals surface area (Å²) in [6.45, 7) is 4.75. The Morgan fingerprint density at radius 3 is 2.70 bits per heavy atom. The van der Waals surface area contributed by atoms with E-state index >= 15 is 0 Å². The van der Waals surface area contributed by atoms with Gasteiger partial charge in [0.1, 0.15) is 0 Å². The minimum atomic E-state index is -0.224. The molecule has 4 rings (SSSR count). The van der Waals surface area contributed by atoms with Crippen molar-refractivity contribution in [1.29, 1.82) is 0 Å². The van der Waals surface area contributed by atoms with Crippen LogP contribution in [-0.2, 0) is 4.74 Å². The van der Waals surface area contributed by atoms with Crippen molar-refractivity contribution in [3.63, 3.8) is 0 Å². The Hall–Kier alpha value is -2.57. The Balaban J connectivity index is 1.65. The SMILES string of the molecule is CC(NC(=O)c1nc(N2CCOCC2)n2ccccc12)c1ccccc1Cl. The molecular weight excluding hydrogens is 364 g/mol. The summed E-state index contributed by atoms with van der Waals surface area (Å²) >= 11 is 6.26. The van der Waals surface area contributed by atoms with Gasteiger partial charge >= 0.3 is 0 Å². The highest BCUT2D eigenvalue weighted by Gasteiger charge is 2.23. The van der Waals surface area contributed by atoms with Crippen LogP contribution < -0.4 is 10.2 Å². The van der Waals surface area contributed by atoms with Gasteiger partial charge in [0, 0.05) is 24.3 Å². The van der Waals surface area contributed by atoms with Crippen LogP contribution in [-0.4, -0.2) is 41.6 Å². The van der Waals surface area contributed by atoms with Crippen LogP contribution in [0.25, 0.3) is 5.52 Å². The minimum absolute atomic E-state index is 0.217. The number of hydrogen-bond acceptors (Lipinski definition) is 4. The van der Waals surface area contributed by atoms with E-state index in [1.54, 1.807) is 0 Å². The summed E-state index contributed by atoms with van der Waals surface area (Å²) in [5.74, 6) is 0.551. The second kappa shape index (κ2) is 7.58. The molecule has 27 heavy (non-hydrogen) atoms. The fraction of sp³-hybridized carbons (Fsp3) is 0.300. The van der Waals surface area contributed by atoms with Crippen LogP contribution >= 0.6 is 11.6 Å². The van der Waals surface area contributed by atoms with Crippen LogP contribution in [0.4, 0.5) is 5.95 Å². The number of ether oxygens (including phenoxy) is 1. The molecule has 1 fully saturated rings. The van der Waals surface area contributed by atoms with E-state index in [0.29, 0.717) is 23.9 Å². The number of benzene rings is 1. The molecule has 1 amide bonds. The van der Waals surface area contributed by atoms with E-state index in [4.69, 9.17) is 16.3 Å². The molecule has 0 saturated carbocycles. The summed E-state index contributed by atoms with van der Waals surface area (Å²) in [5.41, 5.74) is 2.07. The van der Waals surface area contributed by atoms with Crippen molar-refractivity contribution in [2.45, 2.75) is 13.0 Å². The zero-order valence-electron chi connectivity index (χ0n) is 15.1. The number of rotatable bonds is 4. The Kier molecular flexibility index (Phi) is 5.01. The highest BCUT2D eigenvalue weighted by molar-refractivity contribution is 6.31. The number of aromatic nitrogens is 2. The lowest BCUT2D eigenvalue weighted by Gasteiger charge is -2.27. The fourth-order valence-corrected chi connectivity index (χ4v) is 3.64. The molecule has 6 nitrogen and oxygen atoms in total. The second-order valence-electron chi connectivity index (χ2n) is 6.53. The molecule has 1 unspecified atom stereocenters. The maximum Gasteiger partial charge on any atom is 0.272 e. The van der Waals surface area contributed by atoms with E-state index in [0.717, 1.165) is 30.1 Å². The van der Waals surface area contributed by atoms with E-state index in [9.17, 15) is 4.79 Å². The number of hydrogen-bond donors (Lipinski definition) is 1. The molecular formula is C20H21ClN4O2. The van der Waals surface area contributed by atoms with Gasteiger partial charge in [0.15, 0.2) is 5.69 Å². The highest BCUT2D eigenvalue weighted by Crippen LogP contribution is 2.24. The Morgan fingerprint density at radius 2 is 1.93 bits per heavy atom. The number of nitrogens with zero attached hydrogens (tertiary/aromatic N) is 3. The lowest BCUT2D eigenvalue weighted by atomic mass is 10.1. The van der Waals surface area contributed by atoms with Crippen molar-refractivity contribution in [3.05, 3.63) is 64.9 Å². The summed E-state index contributed by atoms with van der Waals surface area (Å²) < 4.78 is 7.39. The van der Waals surface area contributed by atoms with E-state index < -0.39 is 0 Å². The third kappa shape index (κ3) is 3.50. The van der Waals surface area contributed by atoms with Crippen LogP contribution in [0.3, 0.4) is 0 Å². The van der Waals surface area contributed by atoms with Crippen molar-refractivity contribution in [3.8, 4) is 0 Å². The maximum atomic E-state index is 13.0. The smallest absolute Gasteiger partial charge is 0.272 e. The van der Waals surface area contributed by atoms with Crippen LogP contribution in [0.1, 0.15) is 29.0 Å². The molecule has 1 saturated heterocycles. The number of amides is 1. The predicted octanol–water partition coefficient (Wildman–Crippen LogP) is 3.32. The Morgan fingerprint density at radius 1 is 1.19 bits per heavy atom. The molecule has 1 N–H and O–H groups in total. The van der Waals surface area contributed by atoms with Gasteiger partial charge in [-0.15, -0.1) is 0 Å². The van der Waals surface area contributed by atoms with Gasteiger partial charge in [-0.05, 0) is 30.7 Å². The largest absolute Gasteiger partial charge is 0.378 e. The zero-order valence-corrected chi connectivity index (χ0v) is 15.8. The topological polar surface area (TPSA) is 58.9 Å². The molecule has 1 aliphatic heterocycles. The molecule has 3 aromatic rings. The third-order valence-corrected chi connectivity index (χ3v) is 5.10. The van der Waals surface area contributed by atoms with Crippen molar-refractivity contribution < 1.29 is 9.53 Å². The zero-order chi connectivity index (χ0) is 18.8. The maximum absolute atomic E-state index is 13.0. The first-order valence-corrected chi connectivity index (χ1v) is 9.38. The Labute approximate surface area is 162 Å². The minimum Gasteiger partial charge on any atom is -0.378 e. The number of morpholine rings is 1. The van der Waals surface area contributed by atoms with Gasteiger partial charge in [0.05, 0.1) is 24.8 Å². The van der Waals surface area contributed by atoms with Crippen molar-refractivity contribution >= 4 is 29.0 Å². The van der Waals surface area contributed by atoms with E-state index in [2.05, 4.69) is 15.2 Å². The van der Waals surface area contributed by atoms with Gasteiger partial charge < -0.3 is 15.0 Å². The lowest BCUT2D eigenvalue weighted by molar-refractivity contribution is 0.0937. The summed E-state index contributed by atoms with van der Waals surface area (Å²) in [6, 6.07) is 13.1. The average molecular weight is 385 g/mol. The van der Waals surface area contributed by atoms with Crippen molar-refractivity contribution in [2.75, 3.05) is 31.2 Å². The molecule has 0 radical (unpaired) electrons. The average Bonchev–Trinajstić information content (AvgIpc) is 3.09. The first-order chi connectivity index (χ1) is 13.1. The van der Waals surface area contributed by atoms with Crippen LogP contribution in [0.2, 0.25) is 5.02 Å². The second-order valence-corrected chi connectivity index (χ2v) is 6.94. The van der Waals surface area contributed by atoms with Gasteiger partial charge in [0.25, 0.3) is 5.91 Å². The molecule has 2 aromatic heterocycles. The predicted molar refractivity (Wildman–Crippen MR) is 106 cm³/mol. The number of imidazole rings is 1. The molecule has 7 heteroatoms.